The first-order valence-corrected chi connectivity index (χ1v) is 11.4. The summed E-state index contributed by atoms with van der Waals surface area (Å²) in [6.45, 7) is 2.85. The molecule has 0 radical (unpaired) electrons. The first-order chi connectivity index (χ1) is 16.0. The van der Waals surface area contributed by atoms with Crippen molar-refractivity contribution in [1.29, 1.82) is 0 Å². The number of anilines is 2. The highest BCUT2D eigenvalue weighted by Crippen LogP contribution is 2.28. The zero-order valence-electron chi connectivity index (χ0n) is 18.4. The van der Waals surface area contributed by atoms with Crippen molar-refractivity contribution >= 4 is 29.2 Å². The third-order valence-corrected chi connectivity index (χ3v) is 6.70. The Morgan fingerprint density at radius 2 is 1.91 bits per heavy atom. The van der Waals surface area contributed by atoms with Crippen LogP contribution in [0.25, 0.3) is 0 Å². The van der Waals surface area contributed by atoms with E-state index in [1.807, 2.05) is 36.5 Å². The minimum absolute atomic E-state index is 0.155. The predicted molar refractivity (Wildman–Crippen MR) is 123 cm³/mol. The summed E-state index contributed by atoms with van der Waals surface area (Å²) >= 11 is 0. The number of amides is 3. The van der Waals surface area contributed by atoms with Crippen LogP contribution >= 0.6 is 0 Å². The summed E-state index contributed by atoms with van der Waals surface area (Å²) in [6.07, 6.45) is 4.44. The zero-order valence-corrected chi connectivity index (χ0v) is 18.4. The van der Waals surface area contributed by atoms with Gasteiger partial charge in [-0.05, 0) is 48.6 Å². The first kappa shape index (κ1) is 21.4. The Morgan fingerprint density at radius 1 is 1.09 bits per heavy atom. The molecule has 3 aliphatic heterocycles. The van der Waals surface area contributed by atoms with Gasteiger partial charge in [-0.3, -0.25) is 19.7 Å². The number of hydrogen-bond acceptors (Lipinski definition) is 7. The molecule has 3 amide bonds. The lowest BCUT2D eigenvalue weighted by Crippen LogP contribution is -2.52. The molecule has 33 heavy (non-hydrogen) atoms. The van der Waals surface area contributed by atoms with Crippen LogP contribution in [0.3, 0.4) is 0 Å². The second-order valence-corrected chi connectivity index (χ2v) is 8.97. The van der Waals surface area contributed by atoms with E-state index in [-0.39, 0.29) is 18.2 Å². The van der Waals surface area contributed by atoms with Crippen LogP contribution in [0.2, 0.25) is 0 Å². The molecular weight excluding hydrogens is 420 g/mol. The van der Waals surface area contributed by atoms with Gasteiger partial charge in [0, 0.05) is 44.2 Å². The van der Waals surface area contributed by atoms with E-state index < -0.39 is 11.9 Å². The van der Waals surface area contributed by atoms with Gasteiger partial charge < -0.3 is 20.9 Å². The maximum atomic E-state index is 12.8. The summed E-state index contributed by atoms with van der Waals surface area (Å²) in [6, 6.07) is 9.51. The number of nitrogens with zero attached hydrogens (tertiary/aromatic N) is 3. The lowest BCUT2D eigenvalue weighted by Gasteiger charge is -2.31. The van der Waals surface area contributed by atoms with Gasteiger partial charge in [0.25, 0.3) is 5.91 Å². The summed E-state index contributed by atoms with van der Waals surface area (Å²) in [4.78, 5) is 44.9. The lowest BCUT2D eigenvalue weighted by molar-refractivity contribution is -0.136. The Kier molecular flexibility index (Phi) is 5.72. The van der Waals surface area contributed by atoms with Gasteiger partial charge in [-0.15, -0.1) is 0 Å². The van der Waals surface area contributed by atoms with Crippen LogP contribution in [0.5, 0.6) is 0 Å². The smallest absolute Gasteiger partial charge is 0.255 e. The number of hydrogen-bond donors (Lipinski definition) is 3. The number of benzene rings is 1. The number of carbonyl (C=O) groups is 3. The lowest BCUT2D eigenvalue weighted by atomic mass is 10.0. The van der Waals surface area contributed by atoms with Crippen molar-refractivity contribution in [1.82, 2.24) is 15.2 Å². The molecule has 0 aliphatic carbocycles. The molecular formula is C24H28N6O3. The molecule has 2 aromatic rings. The normalized spacial score (nSPS) is 21.2. The zero-order chi connectivity index (χ0) is 22.9. The molecule has 4 N–H and O–H groups in total. The van der Waals surface area contributed by atoms with Gasteiger partial charge in [0.05, 0.1) is 11.9 Å². The molecule has 5 rings (SSSR count). The maximum absolute atomic E-state index is 12.8. The summed E-state index contributed by atoms with van der Waals surface area (Å²) in [7, 11) is 0. The van der Waals surface area contributed by atoms with E-state index in [1.165, 1.54) is 0 Å². The Balaban J connectivity index is 1.20. The molecule has 1 aromatic heterocycles. The fraction of sp³-hybridized carbons (Fsp3) is 0.417. The van der Waals surface area contributed by atoms with Crippen molar-refractivity contribution in [3.63, 3.8) is 0 Å². The molecule has 9 heteroatoms. The van der Waals surface area contributed by atoms with Crippen LogP contribution in [0.1, 0.15) is 47.2 Å². The molecule has 0 spiro atoms. The third kappa shape index (κ3) is 4.41. The number of imide groups is 1. The molecule has 172 valence electrons. The van der Waals surface area contributed by atoms with Crippen LogP contribution in [0.15, 0.2) is 36.5 Å². The van der Waals surface area contributed by atoms with Crippen molar-refractivity contribution in [3.05, 3.63) is 53.2 Å². The van der Waals surface area contributed by atoms with E-state index >= 15 is 0 Å². The van der Waals surface area contributed by atoms with Gasteiger partial charge in [-0.2, -0.15) is 0 Å². The van der Waals surface area contributed by atoms with E-state index in [9.17, 15) is 14.4 Å². The number of fused-ring (bicyclic) bond motifs is 1. The van der Waals surface area contributed by atoms with Crippen LogP contribution in [0, 0.1) is 0 Å². The molecule has 0 bridgehead atoms. The molecule has 9 nitrogen and oxygen atoms in total. The summed E-state index contributed by atoms with van der Waals surface area (Å²) in [5.41, 5.74) is 9.48. The number of piperidine rings is 2. The Labute approximate surface area is 192 Å². The molecule has 3 aliphatic rings. The summed E-state index contributed by atoms with van der Waals surface area (Å²) in [5.74, 6) is 0.142. The highest BCUT2D eigenvalue weighted by atomic mass is 16.2. The second kappa shape index (κ2) is 8.82. The van der Waals surface area contributed by atoms with E-state index in [1.54, 1.807) is 4.90 Å². The minimum Gasteiger partial charge on any atom is -0.380 e. The van der Waals surface area contributed by atoms with Gasteiger partial charge in [0.1, 0.15) is 11.9 Å². The van der Waals surface area contributed by atoms with Gasteiger partial charge in [-0.25, -0.2) is 4.98 Å². The molecule has 4 heterocycles. The molecule has 1 unspecified atom stereocenters. The van der Waals surface area contributed by atoms with Gasteiger partial charge in [0.2, 0.25) is 11.8 Å². The number of nitrogens with two attached hydrogens (primary N) is 1. The average Bonchev–Trinajstić information content (AvgIpc) is 3.14. The van der Waals surface area contributed by atoms with Gasteiger partial charge >= 0.3 is 0 Å². The average molecular weight is 449 g/mol. The number of pyridine rings is 1. The van der Waals surface area contributed by atoms with Crippen molar-refractivity contribution in [2.75, 3.05) is 23.3 Å². The van der Waals surface area contributed by atoms with Gasteiger partial charge in [-0.1, -0.05) is 12.1 Å². The number of nitrogens with one attached hydrogen (secondary N) is 2. The van der Waals surface area contributed by atoms with E-state index in [0.717, 1.165) is 48.6 Å². The topological polar surface area (TPSA) is 121 Å². The maximum Gasteiger partial charge on any atom is 0.255 e. The monoisotopic (exact) mass is 448 g/mol. The fourth-order valence-electron chi connectivity index (χ4n) is 4.75. The highest BCUT2D eigenvalue weighted by Gasteiger charge is 2.39. The molecule has 1 aromatic carbocycles. The molecule has 0 saturated carbocycles. The number of rotatable bonds is 5. The predicted octanol–water partition coefficient (Wildman–Crippen LogP) is 1.38. The number of carbonyl (C=O) groups excluding carboxylic acids is 3. The SMILES string of the molecule is NC1CCN(c2ccc(NCc3ccc4c(c3)CN(C3CCC(=O)NC3=O)C4=O)cn2)CC1. The number of aromatic nitrogens is 1. The van der Waals surface area contributed by atoms with Crippen molar-refractivity contribution in [2.24, 2.45) is 5.73 Å². The van der Waals surface area contributed by atoms with Crippen molar-refractivity contribution in [3.8, 4) is 0 Å². The Hall–Kier alpha value is -3.46. The minimum atomic E-state index is -0.593. The van der Waals surface area contributed by atoms with E-state index in [2.05, 4.69) is 20.5 Å². The van der Waals surface area contributed by atoms with Gasteiger partial charge in [0.15, 0.2) is 0 Å². The third-order valence-electron chi connectivity index (χ3n) is 6.70. The highest BCUT2D eigenvalue weighted by molar-refractivity contribution is 6.05. The van der Waals surface area contributed by atoms with Crippen molar-refractivity contribution in [2.45, 2.75) is 50.9 Å². The second-order valence-electron chi connectivity index (χ2n) is 8.97. The fourth-order valence-corrected chi connectivity index (χ4v) is 4.75. The summed E-state index contributed by atoms with van der Waals surface area (Å²) < 4.78 is 0. The first-order valence-electron chi connectivity index (χ1n) is 11.4. The van der Waals surface area contributed by atoms with Crippen LogP contribution in [0.4, 0.5) is 11.5 Å². The molecule has 2 saturated heterocycles. The van der Waals surface area contributed by atoms with Crippen LogP contribution < -0.4 is 21.3 Å². The van der Waals surface area contributed by atoms with Crippen molar-refractivity contribution < 1.29 is 14.4 Å². The quantitative estimate of drug-likeness (QED) is 0.591. The summed E-state index contributed by atoms with van der Waals surface area (Å²) in [5, 5.41) is 5.72. The molecule has 1 atom stereocenters. The Morgan fingerprint density at radius 3 is 2.64 bits per heavy atom. The van der Waals surface area contributed by atoms with Crippen LogP contribution in [-0.4, -0.2) is 52.8 Å². The molecule has 2 fully saturated rings. The van der Waals surface area contributed by atoms with E-state index in [4.69, 9.17) is 5.73 Å². The van der Waals surface area contributed by atoms with E-state index in [0.29, 0.717) is 31.1 Å². The van der Waals surface area contributed by atoms with Crippen LogP contribution in [-0.2, 0) is 22.7 Å². The standard InChI is InChI=1S/C24H28N6O3/c25-17-7-9-29(10-8-17)21-5-2-18(13-27-21)26-12-15-1-3-19-16(11-15)14-30(24(19)33)20-4-6-22(31)28-23(20)32/h1-3,5,11,13,17,20,26H,4,6-10,12,14,25H2,(H,28,31,32). The Bertz CT molecular complexity index is 1080. The largest absolute Gasteiger partial charge is 0.380 e.